The third-order valence-corrected chi connectivity index (χ3v) is 1.87. The maximum Gasteiger partial charge on any atom is 0.223 e. The Bertz CT molecular complexity index is 308. The summed E-state index contributed by atoms with van der Waals surface area (Å²) in [6.07, 6.45) is 1.22. The van der Waals surface area contributed by atoms with E-state index in [1.165, 1.54) is 6.33 Å². The standard InChI is InChI=1S/C9H16N4O/c1-9(2,3)6(14-4)7-11-5-12-8(10)13-7/h5-6H,1-4H3,(H2,10,11,12,13). The average molecular weight is 196 g/mol. The van der Waals surface area contributed by atoms with Gasteiger partial charge in [0.25, 0.3) is 0 Å². The largest absolute Gasteiger partial charge is 0.373 e. The van der Waals surface area contributed by atoms with E-state index >= 15 is 0 Å². The predicted octanol–water partition coefficient (Wildman–Crippen LogP) is 1.19. The van der Waals surface area contributed by atoms with Gasteiger partial charge in [-0.15, -0.1) is 0 Å². The van der Waals surface area contributed by atoms with E-state index in [0.717, 1.165) is 0 Å². The van der Waals surface area contributed by atoms with Gasteiger partial charge in [-0.1, -0.05) is 20.8 Å². The van der Waals surface area contributed by atoms with E-state index < -0.39 is 0 Å². The van der Waals surface area contributed by atoms with Crippen molar-refractivity contribution in [2.45, 2.75) is 26.9 Å². The molecule has 0 aliphatic carbocycles. The zero-order valence-corrected chi connectivity index (χ0v) is 8.98. The smallest absolute Gasteiger partial charge is 0.223 e. The highest BCUT2D eigenvalue weighted by atomic mass is 16.5. The van der Waals surface area contributed by atoms with Crippen LogP contribution in [0, 0.1) is 5.41 Å². The molecule has 1 atom stereocenters. The lowest BCUT2D eigenvalue weighted by Gasteiger charge is -2.27. The molecule has 0 aliphatic heterocycles. The van der Waals surface area contributed by atoms with Crippen LogP contribution in [0.2, 0.25) is 0 Å². The molecule has 1 rings (SSSR count). The van der Waals surface area contributed by atoms with Gasteiger partial charge in [0.05, 0.1) is 0 Å². The van der Waals surface area contributed by atoms with E-state index in [-0.39, 0.29) is 17.5 Å². The molecule has 1 aromatic heterocycles. The van der Waals surface area contributed by atoms with Crippen LogP contribution in [0.1, 0.15) is 32.7 Å². The first-order valence-electron chi connectivity index (χ1n) is 4.42. The summed E-state index contributed by atoms with van der Waals surface area (Å²) in [5, 5.41) is 0. The second kappa shape index (κ2) is 3.88. The first-order valence-corrected chi connectivity index (χ1v) is 4.42. The van der Waals surface area contributed by atoms with Crippen LogP contribution in [0.25, 0.3) is 0 Å². The number of methoxy groups -OCH3 is 1. The molecule has 5 nitrogen and oxygen atoms in total. The van der Waals surface area contributed by atoms with Crippen LogP contribution in [-0.4, -0.2) is 22.1 Å². The number of hydrogen-bond donors (Lipinski definition) is 1. The molecule has 0 fully saturated rings. The lowest BCUT2D eigenvalue weighted by atomic mass is 9.88. The van der Waals surface area contributed by atoms with Crippen molar-refractivity contribution >= 4 is 5.95 Å². The van der Waals surface area contributed by atoms with E-state index in [9.17, 15) is 0 Å². The van der Waals surface area contributed by atoms with Crippen LogP contribution in [0.5, 0.6) is 0 Å². The fourth-order valence-corrected chi connectivity index (χ4v) is 1.29. The quantitative estimate of drug-likeness (QED) is 0.769. The Morgan fingerprint density at radius 2 is 2.00 bits per heavy atom. The van der Waals surface area contributed by atoms with Crippen LogP contribution in [-0.2, 0) is 4.74 Å². The van der Waals surface area contributed by atoms with Gasteiger partial charge in [0, 0.05) is 7.11 Å². The average Bonchev–Trinajstić information content (AvgIpc) is 2.02. The van der Waals surface area contributed by atoms with Gasteiger partial charge >= 0.3 is 0 Å². The summed E-state index contributed by atoms with van der Waals surface area (Å²) in [7, 11) is 1.63. The van der Waals surface area contributed by atoms with Gasteiger partial charge in [0.2, 0.25) is 5.95 Å². The van der Waals surface area contributed by atoms with Gasteiger partial charge in [-0.05, 0) is 5.41 Å². The van der Waals surface area contributed by atoms with E-state index in [2.05, 4.69) is 35.7 Å². The van der Waals surface area contributed by atoms with Gasteiger partial charge in [-0.25, -0.2) is 9.97 Å². The van der Waals surface area contributed by atoms with Crippen molar-refractivity contribution in [3.05, 3.63) is 12.2 Å². The molecular formula is C9H16N4O. The van der Waals surface area contributed by atoms with Crippen LogP contribution >= 0.6 is 0 Å². The summed E-state index contributed by atoms with van der Waals surface area (Å²) < 4.78 is 5.35. The third kappa shape index (κ3) is 2.38. The molecule has 1 aromatic rings. The molecule has 1 unspecified atom stereocenters. The predicted molar refractivity (Wildman–Crippen MR) is 53.4 cm³/mol. The number of rotatable bonds is 2. The summed E-state index contributed by atoms with van der Waals surface area (Å²) in [6, 6.07) is 0. The summed E-state index contributed by atoms with van der Waals surface area (Å²) in [4.78, 5) is 11.8. The molecule has 14 heavy (non-hydrogen) atoms. The summed E-state index contributed by atoms with van der Waals surface area (Å²) in [6.45, 7) is 6.17. The lowest BCUT2D eigenvalue weighted by molar-refractivity contribution is 0.00861. The highest BCUT2D eigenvalue weighted by molar-refractivity contribution is 5.14. The molecule has 0 amide bonds. The van der Waals surface area contributed by atoms with E-state index in [1.54, 1.807) is 7.11 Å². The lowest BCUT2D eigenvalue weighted by Crippen LogP contribution is -2.22. The summed E-state index contributed by atoms with van der Waals surface area (Å²) >= 11 is 0. The SMILES string of the molecule is COC(c1ncnc(N)n1)C(C)(C)C. The molecule has 0 spiro atoms. The topological polar surface area (TPSA) is 73.9 Å². The third-order valence-electron chi connectivity index (χ3n) is 1.87. The number of nitrogens with zero attached hydrogens (tertiary/aromatic N) is 3. The molecular weight excluding hydrogens is 180 g/mol. The molecule has 0 radical (unpaired) electrons. The minimum atomic E-state index is -0.173. The number of hydrogen-bond acceptors (Lipinski definition) is 5. The van der Waals surface area contributed by atoms with Crippen LogP contribution in [0.15, 0.2) is 6.33 Å². The maximum atomic E-state index is 5.48. The van der Waals surface area contributed by atoms with Crippen LogP contribution in [0.4, 0.5) is 5.95 Å². The van der Waals surface area contributed by atoms with E-state index in [0.29, 0.717) is 5.82 Å². The Hall–Kier alpha value is -1.23. The zero-order valence-electron chi connectivity index (χ0n) is 8.98. The highest BCUT2D eigenvalue weighted by Gasteiger charge is 2.28. The van der Waals surface area contributed by atoms with E-state index in [1.807, 2.05) is 0 Å². The Morgan fingerprint density at radius 1 is 1.36 bits per heavy atom. The van der Waals surface area contributed by atoms with Crippen LogP contribution in [0.3, 0.4) is 0 Å². The van der Waals surface area contributed by atoms with Crippen molar-refractivity contribution in [2.75, 3.05) is 12.8 Å². The van der Waals surface area contributed by atoms with Crippen LogP contribution < -0.4 is 5.73 Å². The molecule has 0 saturated carbocycles. The second-order valence-corrected chi connectivity index (χ2v) is 4.18. The van der Waals surface area contributed by atoms with Gasteiger partial charge < -0.3 is 10.5 Å². The number of anilines is 1. The molecule has 0 aliphatic rings. The van der Waals surface area contributed by atoms with Gasteiger partial charge in [0.15, 0.2) is 5.82 Å². The molecule has 1 heterocycles. The van der Waals surface area contributed by atoms with E-state index in [4.69, 9.17) is 10.5 Å². The molecule has 78 valence electrons. The molecule has 2 N–H and O–H groups in total. The fraction of sp³-hybridized carbons (Fsp3) is 0.667. The van der Waals surface area contributed by atoms with Gasteiger partial charge in [-0.3, -0.25) is 0 Å². The summed E-state index contributed by atoms with van der Waals surface area (Å²) in [5.41, 5.74) is 5.41. The zero-order chi connectivity index (χ0) is 10.8. The Morgan fingerprint density at radius 3 is 2.43 bits per heavy atom. The number of ether oxygens (including phenoxy) is 1. The van der Waals surface area contributed by atoms with Gasteiger partial charge in [0.1, 0.15) is 12.4 Å². The first-order chi connectivity index (χ1) is 6.45. The summed E-state index contributed by atoms with van der Waals surface area (Å²) in [5.74, 6) is 0.800. The monoisotopic (exact) mass is 196 g/mol. The van der Waals surface area contributed by atoms with Crippen molar-refractivity contribution in [3.8, 4) is 0 Å². The normalized spacial score (nSPS) is 14.0. The molecule has 5 heteroatoms. The molecule has 0 bridgehead atoms. The van der Waals surface area contributed by atoms with Crippen molar-refractivity contribution in [1.82, 2.24) is 15.0 Å². The van der Waals surface area contributed by atoms with Crippen molar-refractivity contribution < 1.29 is 4.74 Å². The maximum absolute atomic E-state index is 5.48. The van der Waals surface area contributed by atoms with Crippen molar-refractivity contribution in [2.24, 2.45) is 5.41 Å². The number of nitrogens with two attached hydrogens (primary N) is 1. The highest BCUT2D eigenvalue weighted by Crippen LogP contribution is 2.33. The minimum Gasteiger partial charge on any atom is -0.373 e. The van der Waals surface area contributed by atoms with Crippen molar-refractivity contribution in [3.63, 3.8) is 0 Å². The van der Waals surface area contributed by atoms with Crippen molar-refractivity contribution in [1.29, 1.82) is 0 Å². The number of nitrogen functional groups attached to an aromatic ring is 1. The molecule has 0 saturated heterocycles. The minimum absolute atomic E-state index is 0.0669. The van der Waals surface area contributed by atoms with Gasteiger partial charge in [-0.2, -0.15) is 4.98 Å². The molecule has 0 aromatic carbocycles. The first kappa shape index (κ1) is 10.8. The Kier molecular flexibility index (Phi) is 3.00. The second-order valence-electron chi connectivity index (χ2n) is 4.18. The fourth-order valence-electron chi connectivity index (χ4n) is 1.29. The Labute approximate surface area is 83.7 Å². The Balaban J connectivity index is 3.01. The number of aromatic nitrogens is 3.